The summed E-state index contributed by atoms with van der Waals surface area (Å²) in [5, 5.41) is 13.1. The van der Waals surface area contributed by atoms with E-state index < -0.39 is 0 Å². The monoisotopic (exact) mass is 393 g/mol. The third-order valence-electron chi connectivity index (χ3n) is 3.47. The molecule has 0 unspecified atom stereocenters. The minimum absolute atomic E-state index is 0.103. The SMILES string of the molecule is O=C(N/N=C\c1cc(Br)c(N2CCOCC2)o1)c1ccc(O)cc1. The molecule has 1 fully saturated rings. The first kappa shape index (κ1) is 16.5. The molecule has 0 bridgehead atoms. The quantitative estimate of drug-likeness (QED) is 0.614. The molecule has 126 valence electrons. The number of phenolic OH excluding ortho intramolecular Hbond substituents is 1. The molecule has 1 aliphatic heterocycles. The number of hydrazone groups is 1. The predicted octanol–water partition coefficient (Wildman–Crippen LogP) is 2.35. The fraction of sp³-hybridized carbons (Fsp3) is 0.250. The Morgan fingerprint density at radius 1 is 1.29 bits per heavy atom. The van der Waals surface area contributed by atoms with Crippen molar-refractivity contribution in [3.05, 3.63) is 46.1 Å². The van der Waals surface area contributed by atoms with E-state index in [2.05, 4.69) is 31.4 Å². The van der Waals surface area contributed by atoms with Gasteiger partial charge in [0.15, 0.2) is 5.76 Å². The second-order valence-corrected chi connectivity index (χ2v) is 6.00. The van der Waals surface area contributed by atoms with E-state index in [0.29, 0.717) is 24.5 Å². The minimum Gasteiger partial charge on any atom is -0.508 e. The standard InChI is InChI=1S/C16H16BrN3O4/c17-14-9-13(24-16(14)20-5-7-23-8-6-20)10-18-19-15(22)11-1-3-12(21)4-2-11/h1-4,9-10,21H,5-8H2,(H,19,22)/b18-10-. The number of anilines is 1. The molecule has 0 saturated carbocycles. The van der Waals surface area contributed by atoms with Gasteiger partial charge in [0.1, 0.15) is 5.75 Å². The molecule has 0 spiro atoms. The number of hydrogen-bond acceptors (Lipinski definition) is 6. The molecule has 3 rings (SSSR count). The van der Waals surface area contributed by atoms with E-state index >= 15 is 0 Å². The van der Waals surface area contributed by atoms with E-state index in [9.17, 15) is 9.90 Å². The van der Waals surface area contributed by atoms with Gasteiger partial charge in [-0.1, -0.05) is 0 Å². The van der Waals surface area contributed by atoms with Crippen molar-refractivity contribution in [2.75, 3.05) is 31.2 Å². The van der Waals surface area contributed by atoms with Crippen LogP contribution >= 0.6 is 15.9 Å². The van der Waals surface area contributed by atoms with Crippen LogP contribution in [-0.4, -0.2) is 43.5 Å². The average molecular weight is 394 g/mol. The van der Waals surface area contributed by atoms with Crippen molar-refractivity contribution in [3.8, 4) is 5.75 Å². The van der Waals surface area contributed by atoms with Crippen LogP contribution in [0.3, 0.4) is 0 Å². The second kappa shape index (κ2) is 7.50. The van der Waals surface area contributed by atoms with Crippen LogP contribution in [0.5, 0.6) is 5.75 Å². The highest BCUT2D eigenvalue weighted by Crippen LogP contribution is 2.30. The molecule has 8 heteroatoms. The summed E-state index contributed by atoms with van der Waals surface area (Å²) in [7, 11) is 0. The van der Waals surface area contributed by atoms with E-state index in [-0.39, 0.29) is 11.7 Å². The van der Waals surface area contributed by atoms with Crippen LogP contribution in [0.1, 0.15) is 16.1 Å². The molecule has 1 aromatic carbocycles. The van der Waals surface area contributed by atoms with Crippen molar-refractivity contribution in [1.82, 2.24) is 5.43 Å². The molecule has 1 aliphatic rings. The summed E-state index contributed by atoms with van der Waals surface area (Å²) in [5.41, 5.74) is 2.82. The molecule has 7 nitrogen and oxygen atoms in total. The number of benzene rings is 1. The van der Waals surface area contributed by atoms with Crippen LogP contribution in [0.4, 0.5) is 5.88 Å². The number of nitrogens with zero attached hydrogens (tertiary/aromatic N) is 2. The van der Waals surface area contributed by atoms with Crippen LogP contribution < -0.4 is 10.3 Å². The zero-order valence-corrected chi connectivity index (χ0v) is 14.3. The normalized spacial score (nSPS) is 15.0. The Bertz CT molecular complexity index is 736. The van der Waals surface area contributed by atoms with Gasteiger partial charge in [0.05, 0.1) is 23.9 Å². The molecule has 2 heterocycles. The van der Waals surface area contributed by atoms with Crippen molar-refractivity contribution < 1.29 is 19.1 Å². The van der Waals surface area contributed by atoms with Gasteiger partial charge in [-0.3, -0.25) is 4.79 Å². The Kier molecular flexibility index (Phi) is 5.17. The summed E-state index contributed by atoms with van der Waals surface area (Å²) in [4.78, 5) is 14.0. The maximum absolute atomic E-state index is 11.9. The largest absolute Gasteiger partial charge is 0.508 e. The fourth-order valence-corrected chi connectivity index (χ4v) is 2.81. The highest BCUT2D eigenvalue weighted by atomic mass is 79.9. The lowest BCUT2D eigenvalue weighted by atomic mass is 10.2. The summed E-state index contributed by atoms with van der Waals surface area (Å²) in [6.45, 7) is 2.86. The Balaban J connectivity index is 1.62. The van der Waals surface area contributed by atoms with E-state index in [1.54, 1.807) is 6.07 Å². The number of carbonyl (C=O) groups excluding carboxylic acids is 1. The fourth-order valence-electron chi connectivity index (χ4n) is 2.25. The summed E-state index contributed by atoms with van der Waals surface area (Å²) >= 11 is 3.47. The number of nitrogens with one attached hydrogen (secondary N) is 1. The van der Waals surface area contributed by atoms with Gasteiger partial charge in [0.2, 0.25) is 5.88 Å². The third kappa shape index (κ3) is 3.95. The number of ether oxygens (including phenoxy) is 1. The highest BCUT2D eigenvalue weighted by molar-refractivity contribution is 9.10. The topological polar surface area (TPSA) is 87.3 Å². The predicted molar refractivity (Wildman–Crippen MR) is 92.6 cm³/mol. The lowest BCUT2D eigenvalue weighted by Gasteiger charge is -2.26. The van der Waals surface area contributed by atoms with E-state index in [4.69, 9.17) is 9.15 Å². The summed E-state index contributed by atoms with van der Waals surface area (Å²) < 4.78 is 11.9. The van der Waals surface area contributed by atoms with Crippen molar-refractivity contribution in [3.63, 3.8) is 0 Å². The summed E-state index contributed by atoms with van der Waals surface area (Å²) in [5.74, 6) is 0.982. The smallest absolute Gasteiger partial charge is 0.271 e. The number of amides is 1. The third-order valence-corrected chi connectivity index (χ3v) is 4.04. The molecule has 0 aliphatic carbocycles. The van der Waals surface area contributed by atoms with E-state index in [1.165, 1.54) is 30.5 Å². The number of hydrogen-bond donors (Lipinski definition) is 2. The highest BCUT2D eigenvalue weighted by Gasteiger charge is 2.18. The van der Waals surface area contributed by atoms with Gasteiger partial charge in [0, 0.05) is 24.7 Å². The molecule has 1 aromatic heterocycles. The average Bonchev–Trinajstić information content (AvgIpc) is 2.97. The van der Waals surface area contributed by atoms with Gasteiger partial charge in [-0.25, -0.2) is 5.43 Å². The van der Waals surface area contributed by atoms with E-state index in [1.807, 2.05) is 0 Å². The number of carbonyl (C=O) groups is 1. The van der Waals surface area contributed by atoms with Crippen molar-refractivity contribution >= 4 is 33.9 Å². The Morgan fingerprint density at radius 2 is 2.00 bits per heavy atom. The Morgan fingerprint density at radius 3 is 2.71 bits per heavy atom. The van der Waals surface area contributed by atoms with Crippen molar-refractivity contribution in [1.29, 1.82) is 0 Å². The zero-order chi connectivity index (χ0) is 16.9. The number of morpholine rings is 1. The Labute approximate surface area is 147 Å². The lowest BCUT2D eigenvalue weighted by molar-refractivity contribution is 0.0955. The summed E-state index contributed by atoms with van der Waals surface area (Å²) in [6, 6.07) is 7.70. The minimum atomic E-state index is -0.370. The first-order valence-electron chi connectivity index (χ1n) is 7.38. The van der Waals surface area contributed by atoms with Gasteiger partial charge in [-0.2, -0.15) is 5.10 Å². The maximum atomic E-state index is 11.9. The molecular formula is C16H16BrN3O4. The maximum Gasteiger partial charge on any atom is 0.271 e. The molecule has 0 radical (unpaired) electrons. The summed E-state index contributed by atoms with van der Waals surface area (Å²) in [6.07, 6.45) is 1.44. The van der Waals surface area contributed by atoms with Gasteiger partial charge in [-0.15, -0.1) is 0 Å². The lowest BCUT2D eigenvalue weighted by Crippen LogP contribution is -2.36. The van der Waals surface area contributed by atoms with Crippen molar-refractivity contribution in [2.45, 2.75) is 0 Å². The van der Waals surface area contributed by atoms with Crippen LogP contribution in [-0.2, 0) is 4.74 Å². The number of rotatable bonds is 4. The van der Waals surface area contributed by atoms with Crippen LogP contribution in [0.25, 0.3) is 0 Å². The Hall–Kier alpha value is -2.32. The van der Waals surface area contributed by atoms with Crippen LogP contribution in [0, 0.1) is 0 Å². The van der Waals surface area contributed by atoms with Gasteiger partial charge < -0.3 is 19.2 Å². The number of furan rings is 1. The van der Waals surface area contributed by atoms with E-state index in [0.717, 1.165) is 23.4 Å². The number of aromatic hydroxyl groups is 1. The first-order valence-corrected chi connectivity index (χ1v) is 8.17. The van der Waals surface area contributed by atoms with Crippen molar-refractivity contribution in [2.24, 2.45) is 5.10 Å². The number of halogens is 1. The van der Waals surface area contributed by atoms with Gasteiger partial charge in [-0.05, 0) is 40.2 Å². The molecule has 24 heavy (non-hydrogen) atoms. The first-order chi connectivity index (χ1) is 11.6. The zero-order valence-electron chi connectivity index (χ0n) is 12.7. The molecule has 2 N–H and O–H groups in total. The van der Waals surface area contributed by atoms with Gasteiger partial charge >= 0.3 is 0 Å². The molecule has 1 saturated heterocycles. The molecular weight excluding hydrogens is 378 g/mol. The molecule has 0 atom stereocenters. The number of phenols is 1. The van der Waals surface area contributed by atoms with Gasteiger partial charge in [0.25, 0.3) is 5.91 Å². The van der Waals surface area contributed by atoms with Crippen LogP contribution in [0.15, 0.2) is 44.3 Å². The molecule has 1 amide bonds. The van der Waals surface area contributed by atoms with Crippen LogP contribution in [0.2, 0.25) is 0 Å². The molecule has 2 aromatic rings. The second-order valence-electron chi connectivity index (χ2n) is 5.15.